The third kappa shape index (κ3) is 5.38. The molecule has 210 valence electrons. The zero-order valence-corrected chi connectivity index (χ0v) is 24.8. The molecule has 41 heavy (non-hydrogen) atoms. The van der Waals surface area contributed by atoms with Gasteiger partial charge < -0.3 is 15.0 Å². The fourth-order valence-electron chi connectivity index (χ4n) is 5.65. The molecule has 1 amide bonds. The molecule has 1 aromatic carbocycles. The Kier molecular flexibility index (Phi) is 6.94. The van der Waals surface area contributed by atoms with Crippen LogP contribution in [0, 0.1) is 6.92 Å². The van der Waals surface area contributed by atoms with Crippen LogP contribution in [0.15, 0.2) is 71.0 Å². The van der Waals surface area contributed by atoms with E-state index in [4.69, 9.17) is 9.72 Å². The molecule has 2 aliphatic carbocycles. The summed E-state index contributed by atoms with van der Waals surface area (Å²) in [5.41, 5.74) is 6.55. The molecule has 0 radical (unpaired) electrons. The van der Waals surface area contributed by atoms with Crippen molar-refractivity contribution in [3.63, 3.8) is 0 Å². The summed E-state index contributed by atoms with van der Waals surface area (Å²) in [5, 5.41) is 5.84. The lowest BCUT2D eigenvalue weighted by Crippen LogP contribution is -2.52. The molecule has 6 nitrogen and oxygen atoms in total. The van der Waals surface area contributed by atoms with E-state index in [-0.39, 0.29) is 5.56 Å². The maximum atomic E-state index is 13.0. The summed E-state index contributed by atoms with van der Waals surface area (Å²) in [7, 11) is 0. The fourth-order valence-corrected chi connectivity index (χ4v) is 6.57. The van der Waals surface area contributed by atoms with E-state index in [1.807, 2.05) is 26.8 Å². The fraction of sp³-hybridized carbons (Fsp3) is 0.324. The van der Waals surface area contributed by atoms with E-state index in [2.05, 4.69) is 71.2 Å². The molecule has 7 heteroatoms. The highest BCUT2D eigenvalue weighted by atomic mass is 32.1. The van der Waals surface area contributed by atoms with Gasteiger partial charge in [-0.05, 0) is 94.0 Å². The number of alkyl carbamates (subject to hydrolysis) is 1. The number of nitrogens with one attached hydrogen (secondary N) is 2. The number of H-pyrrole nitrogens is 1. The molecule has 0 atom stereocenters. The van der Waals surface area contributed by atoms with Crippen molar-refractivity contribution in [2.75, 3.05) is 0 Å². The smallest absolute Gasteiger partial charge is 0.408 e. The topological polar surface area (TPSA) is 84.1 Å². The van der Waals surface area contributed by atoms with Crippen LogP contribution in [0.3, 0.4) is 0 Å². The number of benzene rings is 1. The average Bonchev–Trinajstić information content (AvgIpc) is 3.36. The highest BCUT2D eigenvalue weighted by Crippen LogP contribution is 2.43. The molecular weight excluding hydrogens is 530 g/mol. The van der Waals surface area contributed by atoms with Crippen LogP contribution in [-0.4, -0.2) is 21.7 Å². The molecule has 0 unspecified atom stereocenters. The first kappa shape index (κ1) is 27.2. The van der Waals surface area contributed by atoms with Crippen LogP contribution in [0.1, 0.15) is 69.6 Å². The molecule has 0 bridgehead atoms. The predicted molar refractivity (Wildman–Crippen MR) is 167 cm³/mol. The summed E-state index contributed by atoms with van der Waals surface area (Å²) in [4.78, 5) is 34.9. The first-order valence-corrected chi connectivity index (χ1v) is 15.1. The second-order valence-electron chi connectivity index (χ2n) is 12.1. The number of aryl methyl sites for hydroxylation is 1. The van der Waals surface area contributed by atoms with Crippen molar-refractivity contribution in [3.8, 4) is 21.7 Å². The van der Waals surface area contributed by atoms with Gasteiger partial charge in [-0.15, -0.1) is 11.3 Å². The summed E-state index contributed by atoms with van der Waals surface area (Å²) in [6, 6.07) is 12.5. The first-order chi connectivity index (χ1) is 19.6. The third-order valence-corrected chi connectivity index (χ3v) is 8.91. The van der Waals surface area contributed by atoms with Crippen molar-refractivity contribution in [2.45, 2.75) is 70.9 Å². The summed E-state index contributed by atoms with van der Waals surface area (Å²) in [6.07, 6.45) is 12.6. The monoisotopic (exact) mass is 565 g/mol. The van der Waals surface area contributed by atoms with Crippen LogP contribution >= 0.6 is 11.3 Å². The molecular formula is C34H35N3O3S. The Balaban J connectivity index is 1.45. The largest absolute Gasteiger partial charge is 0.444 e. The molecule has 1 saturated carbocycles. The van der Waals surface area contributed by atoms with E-state index in [1.165, 1.54) is 5.56 Å². The van der Waals surface area contributed by atoms with Crippen LogP contribution < -0.4 is 10.9 Å². The summed E-state index contributed by atoms with van der Waals surface area (Å²) in [5.74, 6) is 0. The van der Waals surface area contributed by atoms with Gasteiger partial charge in [0.05, 0.1) is 22.1 Å². The molecule has 4 aromatic rings. The molecule has 2 aliphatic rings. The molecule has 3 heterocycles. The van der Waals surface area contributed by atoms with E-state index < -0.39 is 17.2 Å². The number of carbonyl (C=O) groups is 1. The number of pyridine rings is 2. The van der Waals surface area contributed by atoms with Crippen molar-refractivity contribution in [1.82, 2.24) is 15.3 Å². The minimum atomic E-state index is -0.554. The number of rotatable bonds is 5. The van der Waals surface area contributed by atoms with Crippen molar-refractivity contribution in [2.24, 2.45) is 0 Å². The summed E-state index contributed by atoms with van der Waals surface area (Å²) in [6.45, 7) is 7.69. The summed E-state index contributed by atoms with van der Waals surface area (Å²) >= 11 is 1.65. The van der Waals surface area contributed by atoms with Crippen LogP contribution in [0.25, 0.3) is 38.2 Å². The number of thiophene rings is 1. The quantitative estimate of drug-likeness (QED) is 0.255. The van der Waals surface area contributed by atoms with Crippen molar-refractivity contribution >= 4 is 33.9 Å². The molecule has 3 aromatic heterocycles. The lowest BCUT2D eigenvalue weighted by molar-refractivity contribution is 0.0377. The van der Waals surface area contributed by atoms with Gasteiger partial charge >= 0.3 is 6.09 Å². The van der Waals surface area contributed by atoms with Crippen molar-refractivity contribution < 1.29 is 9.53 Å². The number of amides is 1. The summed E-state index contributed by atoms with van der Waals surface area (Å²) < 4.78 is 5.57. The Hall–Kier alpha value is -3.97. The molecule has 0 spiro atoms. The Morgan fingerprint density at radius 3 is 2.49 bits per heavy atom. The maximum absolute atomic E-state index is 13.0. The standard InChI is InChI=1S/C34H35N3O3S/c1-21-17-28(41-20-21)27-19-35-31(38)26-18-25(22-9-6-5-7-10-22)29(36-30(26)27)23-11-13-24(14-12-23)34(15-8-16-34)37-32(39)40-33(2,3)4/h6,9-14,17-20H,5,7-8,15-16H2,1-4H3,(H,35,38)(H,37,39). The Labute approximate surface area is 244 Å². The highest BCUT2D eigenvalue weighted by molar-refractivity contribution is 7.13. The number of fused-ring (bicyclic) bond motifs is 1. The maximum Gasteiger partial charge on any atom is 0.408 e. The number of ether oxygens (including phenoxy) is 1. The van der Waals surface area contributed by atoms with Gasteiger partial charge in [0.1, 0.15) is 5.60 Å². The number of nitrogens with zero attached hydrogens (tertiary/aromatic N) is 1. The third-order valence-electron chi connectivity index (χ3n) is 7.83. The van der Waals surface area contributed by atoms with Crippen molar-refractivity contribution in [1.29, 1.82) is 0 Å². The average molecular weight is 566 g/mol. The highest BCUT2D eigenvalue weighted by Gasteiger charge is 2.41. The first-order valence-electron chi connectivity index (χ1n) is 14.2. The number of aromatic amines is 1. The van der Waals surface area contributed by atoms with Crippen LogP contribution in [0.4, 0.5) is 4.79 Å². The number of hydrogen-bond donors (Lipinski definition) is 2. The minimum Gasteiger partial charge on any atom is -0.444 e. The Bertz CT molecular complexity index is 1750. The van der Waals surface area contributed by atoms with Gasteiger partial charge in [0.15, 0.2) is 0 Å². The Morgan fingerprint density at radius 2 is 1.88 bits per heavy atom. The van der Waals surface area contributed by atoms with E-state index >= 15 is 0 Å². The lowest BCUT2D eigenvalue weighted by atomic mass is 9.71. The van der Waals surface area contributed by atoms with Gasteiger partial charge in [-0.25, -0.2) is 9.78 Å². The molecule has 0 saturated heterocycles. The SMILES string of the molecule is Cc1csc(-c2c[nH]c(=O)c3cc(C4=CCCC=C4)c(-c4ccc(C5(NC(=O)OC(C)(C)C)CCC5)cc4)nc23)c1. The number of hydrogen-bond acceptors (Lipinski definition) is 5. The molecule has 6 rings (SSSR count). The van der Waals surface area contributed by atoms with E-state index in [0.717, 1.165) is 70.5 Å². The van der Waals surface area contributed by atoms with Crippen LogP contribution in [0.2, 0.25) is 0 Å². The van der Waals surface area contributed by atoms with Crippen LogP contribution in [0.5, 0.6) is 0 Å². The molecule has 0 aliphatic heterocycles. The Morgan fingerprint density at radius 1 is 1.10 bits per heavy atom. The van der Waals surface area contributed by atoms with Crippen LogP contribution in [-0.2, 0) is 10.3 Å². The van der Waals surface area contributed by atoms with Gasteiger partial charge in [-0.2, -0.15) is 0 Å². The van der Waals surface area contributed by atoms with Gasteiger partial charge in [0.25, 0.3) is 5.56 Å². The van der Waals surface area contributed by atoms with Gasteiger partial charge in [-0.1, -0.05) is 42.5 Å². The van der Waals surface area contributed by atoms with E-state index in [1.54, 1.807) is 17.5 Å². The number of allylic oxidation sites excluding steroid dienone is 4. The zero-order chi connectivity index (χ0) is 28.8. The second-order valence-corrected chi connectivity index (χ2v) is 13.0. The van der Waals surface area contributed by atoms with Crippen molar-refractivity contribution in [3.05, 3.63) is 93.2 Å². The second kappa shape index (κ2) is 10.5. The number of carbonyl (C=O) groups excluding carboxylic acids is 1. The predicted octanol–water partition coefficient (Wildman–Crippen LogP) is 8.26. The number of aromatic nitrogens is 2. The van der Waals surface area contributed by atoms with E-state index in [9.17, 15) is 9.59 Å². The minimum absolute atomic E-state index is 0.145. The molecule has 1 fully saturated rings. The normalized spacial score (nSPS) is 16.2. The van der Waals surface area contributed by atoms with Gasteiger partial charge in [-0.3, -0.25) is 4.79 Å². The van der Waals surface area contributed by atoms with Gasteiger partial charge in [0, 0.05) is 27.8 Å². The molecule has 2 N–H and O–H groups in total. The zero-order valence-electron chi connectivity index (χ0n) is 24.0. The van der Waals surface area contributed by atoms with E-state index in [0.29, 0.717) is 10.9 Å². The van der Waals surface area contributed by atoms with Gasteiger partial charge in [0.2, 0.25) is 0 Å². The lowest BCUT2D eigenvalue weighted by Gasteiger charge is -2.43.